The summed E-state index contributed by atoms with van der Waals surface area (Å²) >= 11 is 0. The third kappa shape index (κ3) is 1.84. The number of ketones is 2. The van der Waals surface area contributed by atoms with Gasteiger partial charge < -0.3 is 5.11 Å². The van der Waals surface area contributed by atoms with Gasteiger partial charge in [0.25, 0.3) is 0 Å². The maximum atomic E-state index is 12.3. The van der Waals surface area contributed by atoms with Crippen LogP contribution in [0.25, 0.3) is 0 Å². The van der Waals surface area contributed by atoms with Gasteiger partial charge in [-0.25, -0.2) is 0 Å². The number of Topliss-reactive ketones (excluding diaryl/α,β-unsaturated/α-hetero) is 2. The Balaban J connectivity index is 1.69. The van der Waals surface area contributed by atoms with Crippen LogP contribution in [0.2, 0.25) is 0 Å². The first-order chi connectivity index (χ1) is 10.5. The predicted molar refractivity (Wildman–Crippen MR) is 83.0 cm³/mol. The highest BCUT2D eigenvalue weighted by molar-refractivity contribution is 5.98. The van der Waals surface area contributed by atoms with Gasteiger partial charge >= 0.3 is 0 Å². The summed E-state index contributed by atoms with van der Waals surface area (Å²) in [5.74, 6) is 2.51. The summed E-state index contributed by atoms with van der Waals surface area (Å²) in [6, 6.07) is 0. The molecule has 5 atom stereocenters. The normalized spacial score (nSPS) is 43.9. The standard InChI is InChI=1S/C19H24O3/c1-19-7-6-13-14(16(19)4-5-18(19)22)3-2-11-9-17(21)12(10-20)8-15(11)13/h2,8,13-16,20H,3-7,9-10H2,1H3/t13?,14?,15?,16?,19-/m0/s1. The van der Waals surface area contributed by atoms with Crippen LogP contribution in [0.1, 0.15) is 45.4 Å². The van der Waals surface area contributed by atoms with Crippen LogP contribution in [0.5, 0.6) is 0 Å². The molecule has 1 N–H and O–H groups in total. The number of hydrogen-bond acceptors (Lipinski definition) is 3. The molecule has 0 aromatic rings. The SMILES string of the molecule is C[C@]12CCC3C4C=C(CO)C(=O)CC4=CCC3C1CCC2=O. The third-order valence-electron chi connectivity index (χ3n) is 7.02. The van der Waals surface area contributed by atoms with Gasteiger partial charge in [0.15, 0.2) is 5.78 Å². The van der Waals surface area contributed by atoms with Crippen molar-refractivity contribution in [3.05, 3.63) is 23.3 Å². The highest BCUT2D eigenvalue weighted by atomic mass is 16.3. The highest BCUT2D eigenvalue weighted by Crippen LogP contribution is 2.59. The number of allylic oxidation sites excluding steroid dienone is 3. The number of carbonyl (C=O) groups excluding carboxylic acids is 2. The van der Waals surface area contributed by atoms with Crippen molar-refractivity contribution in [3.8, 4) is 0 Å². The van der Waals surface area contributed by atoms with Crippen molar-refractivity contribution < 1.29 is 14.7 Å². The summed E-state index contributed by atoms with van der Waals surface area (Å²) in [7, 11) is 0. The minimum atomic E-state index is -0.139. The summed E-state index contributed by atoms with van der Waals surface area (Å²) < 4.78 is 0. The van der Waals surface area contributed by atoms with Crippen molar-refractivity contribution in [1.82, 2.24) is 0 Å². The van der Waals surface area contributed by atoms with Crippen LogP contribution in [0.15, 0.2) is 23.3 Å². The molecule has 0 bridgehead atoms. The average Bonchev–Trinajstić information content (AvgIpc) is 2.82. The Kier molecular flexibility index (Phi) is 3.19. The summed E-state index contributed by atoms with van der Waals surface area (Å²) in [5.41, 5.74) is 1.76. The van der Waals surface area contributed by atoms with Crippen LogP contribution < -0.4 is 0 Å². The molecule has 2 saturated carbocycles. The topological polar surface area (TPSA) is 54.4 Å². The average molecular weight is 300 g/mol. The van der Waals surface area contributed by atoms with E-state index in [1.54, 1.807) is 0 Å². The third-order valence-corrected chi connectivity index (χ3v) is 7.02. The lowest BCUT2D eigenvalue weighted by molar-refractivity contribution is -0.130. The van der Waals surface area contributed by atoms with Crippen LogP contribution in [-0.4, -0.2) is 23.3 Å². The number of hydrogen-bond donors (Lipinski definition) is 1. The lowest BCUT2D eigenvalue weighted by Gasteiger charge is -2.50. The summed E-state index contributed by atoms with van der Waals surface area (Å²) in [6.45, 7) is 2.04. The Labute approximate surface area is 131 Å². The molecule has 3 heteroatoms. The number of fused-ring (bicyclic) bond motifs is 5. The van der Waals surface area contributed by atoms with E-state index in [2.05, 4.69) is 13.0 Å². The molecule has 0 aromatic carbocycles. The van der Waals surface area contributed by atoms with Crippen molar-refractivity contribution in [3.63, 3.8) is 0 Å². The second-order valence-corrected chi connectivity index (χ2v) is 7.84. The summed E-state index contributed by atoms with van der Waals surface area (Å²) in [5, 5.41) is 9.42. The van der Waals surface area contributed by atoms with E-state index >= 15 is 0 Å². The van der Waals surface area contributed by atoms with E-state index in [0.29, 0.717) is 41.4 Å². The fourth-order valence-corrected chi connectivity index (χ4v) is 5.74. The van der Waals surface area contributed by atoms with Gasteiger partial charge in [0, 0.05) is 29.7 Å². The van der Waals surface area contributed by atoms with Crippen molar-refractivity contribution in [1.29, 1.82) is 0 Å². The summed E-state index contributed by atoms with van der Waals surface area (Å²) in [6.07, 6.45) is 9.69. The Bertz CT molecular complexity index is 600. The van der Waals surface area contributed by atoms with E-state index in [1.807, 2.05) is 6.08 Å². The maximum Gasteiger partial charge on any atom is 0.164 e. The minimum Gasteiger partial charge on any atom is -0.392 e. The largest absolute Gasteiger partial charge is 0.392 e. The number of rotatable bonds is 1. The Morgan fingerprint density at radius 1 is 1.27 bits per heavy atom. The maximum absolute atomic E-state index is 12.3. The van der Waals surface area contributed by atoms with Crippen LogP contribution in [0, 0.1) is 29.1 Å². The van der Waals surface area contributed by atoms with Crippen molar-refractivity contribution >= 4 is 11.6 Å². The van der Waals surface area contributed by atoms with Gasteiger partial charge in [0.05, 0.1) is 6.61 Å². The fraction of sp³-hybridized carbons (Fsp3) is 0.684. The molecule has 4 rings (SSSR count). The lowest BCUT2D eigenvalue weighted by Crippen LogP contribution is -2.45. The van der Waals surface area contributed by atoms with Gasteiger partial charge in [0.1, 0.15) is 5.78 Å². The second-order valence-electron chi connectivity index (χ2n) is 7.84. The fourth-order valence-electron chi connectivity index (χ4n) is 5.74. The zero-order valence-electron chi connectivity index (χ0n) is 13.2. The van der Waals surface area contributed by atoms with Gasteiger partial charge in [0.2, 0.25) is 0 Å². The summed E-state index contributed by atoms with van der Waals surface area (Å²) in [4.78, 5) is 24.3. The molecule has 3 nitrogen and oxygen atoms in total. The first-order valence-corrected chi connectivity index (χ1v) is 8.61. The van der Waals surface area contributed by atoms with Gasteiger partial charge in [-0.15, -0.1) is 0 Å². The number of aliphatic hydroxyl groups excluding tert-OH is 1. The highest BCUT2D eigenvalue weighted by Gasteiger charge is 2.55. The van der Waals surface area contributed by atoms with E-state index in [4.69, 9.17) is 0 Å². The Morgan fingerprint density at radius 2 is 2.09 bits per heavy atom. The van der Waals surface area contributed by atoms with E-state index < -0.39 is 0 Å². The Hall–Kier alpha value is -1.22. The molecule has 22 heavy (non-hydrogen) atoms. The van der Waals surface area contributed by atoms with Gasteiger partial charge in [-0.1, -0.05) is 24.6 Å². The van der Waals surface area contributed by atoms with Gasteiger partial charge in [-0.05, 0) is 43.4 Å². The van der Waals surface area contributed by atoms with E-state index in [1.165, 1.54) is 5.57 Å². The first-order valence-electron chi connectivity index (χ1n) is 8.61. The molecule has 0 heterocycles. The molecule has 0 amide bonds. The zero-order chi connectivity index (χ0) is 15.5. The molecular formula is C19H24O3. The van der Waals surface area contributed by atoms with Gasteiger partial charge in [-0.3, -0.25) is 9.59 Å². The Morgan fingerprint density at radius 3 is 2.86 bits per heavy atom. The van der Waals surface area contributed by atoms with Crippen molar-refractivity contribution in [2.24, 2.45) is 29.1 Å². The predicted octanol–water partition coefficient (Wildman–Crippen LogP) is 2.84. The molecule has 0 spiro atoms. The molecule has 4 aliphatic rings. The smallest absolute Gasteiger partial charge is 0.164 e. The van der Waals surface area contributed by atoms with Crippen LogP contribution in [0.3, 0.4) is 0 Å². The second kappa shape index (κ2) is 4.89. The monoisotopic (exact) mass is 300 g/mol. The molecule has 0 saturated heterocycles. The molecule has 0 radical (unpaired) electrons. The first kappa shape index (κ1) is 14.4. The van der Waals surface area contributed by atoms with Crippen molar-refractivity contribution in [2.45, 2.75) is 45.4 Å². The molecule has 118 valence electrons. The van der Waals surface area contributed by atoms with Crippen LogP contribution >= 0.6 is 0 Å². The minimum absolute atomic E-state index is 0.0835. The molecule has 0 aliphatic heterocycles. The van der Waals surface area contributed by atoms with E-state index in [0.717, 1.165) is 32.1 Å². The van der Waals surface area contributed by atoms with Crippen LogP contribution in [0.4, 0.5) is 0 Å². The number of carbonyl (C=O) groups is 2. The molecule has 4 unspecified atom stereocenters. The van der Waals surface area contributed by atoms with E-state index in [9.17, 15) is 14.7 Å². The van der Waals surface area contributed by atoms with Crippen molar-refractivity contribution in [2.75, 3.05) is 6.61 Å². The molecule has 0 aromatic heterocycles. The van der Waals surface area contributed by atoms with Gasteiger partial charge in [-0.2, -0.15) is 0 Å². The van der Waals surface area contributed by atoms with E-state index in [-0.39, 0.29) is 17.8 Å². The molecule has 2 fully saturated rings. The number of aliphatic hydroxyl groups is 1. The van der Waals surface area contributed by atoms with Crippen LogP contribution in [-0.2, 0) is 9.59 Å². The zero-order valence-corrected chi connectivity index (χ0v) is 13.2. The molecule has 4 aliphatic carbocycles. The lowest BCUT2D eigenvalue weighted by atomic mass is 9.53. The molecular weight excluding hydrogens is 276 g/mol. The quantitative estimate of drug-likeness (QED) is 0.758.